The minimum atomic E-state index is -0.728. The highest BCUT2D eigenvalue weighted by atomic mass is 35.5. The Labute approximate surface area is 80.0 Å². The van der Waals surface area contributed by atoms with Crippen LogP contribution in [0.25, 0.3) is 0 Å². The van der Waals surface area contributed by atoms with Crippen LogP contribution in [-0.4, -0.2) is 18.0 Å². The van der Waals surface area contributed by atoms with Gasteiger partial charge in [0.05, 0.1) is 0 Å². The zero-order valence-electron chi connectivity index (χ0n) is 6.52. The van der Waals surface area contributed by atoms with Crippen LogP contribution in [0.4, 0.5) is 4.79 Å². The number of guanidine groups is 2. The molecule has 0 aromatic rings. The maximum absolute atomic E-state index is 10.7. The molecule has 0 saturated carbocycles. The lowest BCUT2D eigenvalue weighted by Gasteiger charge is -2.03. The number of amides is 2. The zero-order valence-corrected chi connectivity index (χ0v) is 7.34. The van der Waals surface area contributed by atoms with Crippen molar-refractivity contribution in [2.75, 3.05) is 0 Å². The molecule has 0 aromatic carbocycles. The summed E-state index contributed by atoms with van der Waals surface area (Å²) in [4.78, 5) is 10.7. The maximum atomic E-state index is 10.7. The highest BCUT2D eigenvalue weighted by molar-refractivity contribution is 6.02. The lowest BCUT2D eigenvalue weighted by molar-refractivity contribution is 0.249. The van der Waals surface area contributed by atoms with E-state index in [2.05, 4.69) is 10.2 Å². The lowest BCUT2D eigenvalue weighted by atomic mass is 10.8. The monoisotopic (exact) mass is 210 g/mol. The van der Waals surface area contributed by atoms with Crippen molar-refractivity contribution in [3.63, 3.8) is 0 Å². The fourth-order valence-electron chi connectivity index (χ4n) is 0.328. The third-order valence-electron chi connectivity index (χ3n) is 0.761. The van der Waals surface area contributed by atoms with Crippen LogP contribution in [0.2, 0.25) is 0 Å². The molecule has 0 radical (unpaired) electrons. The molecule has 0 saturated heterocycles. The third-order valence-corrected chi connectivity index (χ3v) is 0.761. The van der Waals surface area contributed by atoms with E-state index in [1.165, 1.54) is 0 Å². The molecule has 0 unspecified atom stereocenters. The highest BCUT2D eigenvalue weighted by Crippen LogP contribution is 1.63. The standard InChI is InChI=1S/C3H10N8O.ClH/c4-1(10-6)8-3(12)9-2(5)11-7;/h6-7H2,(H6,4,5,8,9,10,11,12);1H. The van der Waals surface area contributed by atoms with Crippen LogP contribution in [-0.2, 0) is 0 Å². The van der Waals surface area contributed by atoms with E-state index in [1.807, 2.05) is 10.6 Å². The van der Waals surface area contributed by atoms with E-state index < -0.39 is 6.03 Å². The van der Waals surface area contributed by atoms with Crippen molar-refractivity contribution in [2.45, 2.75) is 0 Å². The van der Waals surface area contributed by atoms with E-state index in [9.17, 15) is 4.79 Å². The van der Waals surface area contributed by atoms with Gasteiger partial charge in [-0.15, -0.1) is 22.6 Å². The van der Waals surface area contributed by atoms with Crippen molar-refractivity contribution in [2.24, 2.45) is 33.4 Å². The first-order valence-electron chi connectivity index (χ1n) is 2.75. The van der Waals surface area contributed by atoms with Crippen LogP contribution < -0.4 is 33.8 Å². The van der Waals surface area contributed by atoms with Crippen molar-refractivity contribution in [3.05, 3.63) is 0 Å². The first-order valence-corrected chi connectivity index (χ1v) is 2.75. The summed E-state index contributed by atoms with van der Waals surface area (Å²) in [6.07, 6.45) is 0. The van der Waals surface area contributed by atoms with Gasteiger partial charge in [0.1, 0.15) is 0 Å². The van der Waals surface area contributed by atoms with Gasteiger partial charge in [0.2, 0.25) is 11.9 Å². The lowest BCUT2D eigenvalue weighted by Crippen LogP contribution is -2.48. The van der Waals surface area contributed by atoms with Crippen LogP contribution in [0.15, 0.2) is 10.2 Å². The molecule has 76 valence electrons. The van der Waals surface area contributed by atoms with Gasteiger partial charge in [-0.1, -0.05) is 0 Å². The smallest absolute Gasteiger partial charge is 0.328 e. The Morgan fingerprint density at radius 1 is 1.00 bits per heavy atom. The molecular weight excluding hydrogens is 200 g/mol. The zero-order chi connectivity index (χ0) is 9.56. The van der Waals surface area contributed by atoms with Gasteiger partial charge >= 0.3 is 6.03 Å². The molecule has 0 fully saturated rings. The van der Waals surface area contributed by atoms with E-state index in [-0.39, 0.29) is 24.3 Å². The normalized spacial score (nSPS) is 11.4. The van der Waals surface area contributed by atoms with Gasteiger partial charge in [0.25, 0.3) is 0 Å². The Kier molecular flexibility index (Phi) is 7.14. The molecule has 0 rings (SSSR count). The quantitative estimate of drug-likeness (QED) is 0.109. The number of nitrogens with one attached hydrogen (secondary N) is 2. The fraction of sp³-hybridized carbons (Fsp3) is 0. The van der Waals surface area contributed by atoms with Crippen molar-refractivity contribution in [1.29, 1.82) is 0 Å². The summed E-state index contributed by atoms with van der Waals surface area (Å²) in [7, 11) is 0. The number of rotatable bonds is 0. The molecular formula is C3H11ClN8O. The first kappa shape index (κ1) is 13.7. The van der Waals surface area contributed by atoms with Crippen LogP contribution in [0, 0.1) is 0 Å². The Balaban J connectivity index is 0. The summed E-state index contributed by atoms with van der Waals surface area (Å²) >= 11 is 0. The second kappa shape index (κ2) is 6.79. The summed E-state index contributed by atoms with van der Waals surface area (Å²) in [6, 6.07) is -0.728. The van der Waals surface area contributed by atoms with Gasteiger partial charge in [-0.05, 0) is 0 Å². The summed E-state index contributed by atoms with van der Waals surface area (Å²) in [6.45, 7) is 0. The number of hydrogen-bond acceptors (Lipinski definition) is 5. The maximum Gasteiger partial charge on any atom is 0.328 e. The fourth-order valence-corrected chi connectivity index (χ4v) is 0.328. The van der Waals surface area contributed by atoms with Crippen molar-refractivity contribution < 1.29 is 4.79 Å². The Morgan fingerprint density at radius 2 is 1.31 bits per heavy atom. The highest BCUT2D eigenvalue weighted by Gasteiger charge is 2.02. The van der Waals surface area contributed by atoms with E-state index in [0.29, 0.717) is 0 Å². The summed E-state index contributed by atoms with van der Waals surface area (Å²) in [5, 5.41) is 10.0. The third kappa shape index (κ3) is 6.50. The molecule has 0 heterocycles. The van der Waals surface area contributed by atoms with Crippen LogP contribution in [0.3, 0.4) is 0 Å². The Hall–Kier alpha value is -1.90. The molecule has 2 amide bonds. The van der Waals surface area contributed by atoms with Gasteiger partial charge in [-0.2, -0.15) is 0 Å². The number of carbonyl (C=O) groups excluding carboxylic acids is 1. The summed E-state index contributed by atoms with van der Waals surface area (Å²) in [5.74, 6) is 8.93. The average molecular weight is 211 g/mol. The molecule has 10 N–H and O–H groups in total. The van der Waals surface area contributed by atoms with E-state index in [4.69, 9.17) is 23.2 Å². The topological polar surface area (TPSA) is 170 Å². The Bertz CT molecular complexity index is 201. The average Bonchev–Trinajstić information content (AvgIpc) is 2.03. The van der Waals surface area contributed by atoms with Crippen molar-refractivity contribution in [1.82, 2.24) is 10.6 Å². The Morgan fingerprint density at radius 3 is 1.54 bits per heavy atom. The SMILES string of the molecule is Cl.NN=C(N)NC(=O)NC(N)=NN. The van der Waals surface area contributed by atoms with Crippen molar-refractivity contribution >= 4 is 30.4 Å². The molecule has 0 spiro atoms. The molecule has 0 aliphatic heterocycles. The molecule has 9 nitrogen and oxygen atoms in total. The molecule has 0 bridgehead atoms. The second-order valence-electron chi connectivity index (χ2n) is 1.61. The van der Waals surface area contributed by atoms with Gasteiger partial charge in [-0.25, -0.2) is 4.79 Å². The van der Waals surface area contributed by atoms with Crippen LogP contribution >= 0.6 is 12.4 Å². The molecule has 0 aromatic heterocycles. The second-order valence-corrected chi connectivity index (χ2v) is 1.61. The number of nitrogens with zero attached hydrogens (tertiary/aromatic N) is 2. The van der Waals surface area contributed by atoms with Crippen LogP contribution in [0.1, 0.15) is 0 Å². The van der Waals surface area contributed by atoms with Gasteiger partial charge in [0.15, 0.2) is 0 Å². The number of halogens is 1. The predicted molar refractivity (Wildman–Crippen MR) is 50.5 cm³/mol. The molecule has 0 aliphatic rings. The van der Waals surface area contributed by atoms with E-state index in [0.717, 1.165) is 0 Å². The number of carbonyl (C=O) groups is 1. The molecule has 13 heavy (non-hydrogen) atoms. The minimum absolute atomic E-state index is 0. The molecule has 0 aliphatic carbocycles. The first-order chi connectivity index (χ1) is 5.60. The van der Waals surface area contributed by atoms with Gasteiger partial charge in [-0.3, -0.25) is 10.6 Å². The number of hydrazone groups is 2. The van der Waals surface area contributed by atoms with E-state index in [1.54, 1.807) is 0 Å². The molecule has 0 atom stereocenters. The summed E-state index contributed by atoms with van der Waals surface area (Å²) < 4.78 is 0. The van der Waals surface area contributed by atoms with Gasteiger partial charge < -0.3 is 23.2 Å². The number of urea groups is 1. The van der Waals surface area contributed by atoms with Gasteiger partial charge in [0, 0.05) is 0 Å². The largest absolute Gasteiger partial charge is 0.368 e. The minimum Gasteiger partial charge on any atom is -0.368 e. The number of hydrogen-bond donors (Lipinski definition) is 6. The molecule has 10 heteroatoms. The predicted octanol–water partition coefficient (Wildman–Crippen LogP) is -2.92. The van der Waals surface area contributed by atoms with Crippen molar-refractivity contribution in [3.8, 4) is 0 Å². The number of nitrogens with two attached hydrogens (primary N) is 4. The van der Waals surface area contributed by atoms with Crippen LogP contribution in [0.5, 0.6) is 0 Å². The van der Waals surface area contributed by atoms with E-state index >= 15 is 0 Å². The summed E-state index contributed by atoms with van der Waals surface area (Å²) in [5.41, 5.74) is 10.1.